The van der Waals surface area contributed by atoms with Crippen LogP contribution in [0.15, 0.2) is 23.1 Å². The van der Waals surface area contributed by atoms with Gasteiger partial charge in [0.05, 0.1) is 5.69 Å². The SMILES string of the molecule is Cc1ccc(S(=O)(=O)N2CCN(C(=O)OC(C)(C)C)CC2)c(N)c1. The molecule has 0 saturated carbocycles. The summed E-state index contributed by atoms with van der Waals surface area (Å²) in [6, 6.07) is 4.89. The zero-order valence-corrected chi connectivity index (χ0v) is 15.4. The lowest BCUT2D eigenvalue weighted by atomic mass is 10.2. The van der Waals surface area contributed by atoms with Crippen molar-refractivity contribution in [2.75, 3.05) is 31.9 Å². The molecule has 2 rings (SSSR count). The van der Waals surface area contributed by atoms with Crippen LogP contribution >= 0.6 is 0 Å². The topological polar surface area (TPSA) is 92.9 Å². The molecule has 1 aromatic rings. The molecule has 0 unspecified atom stereocenters. The Bertz CT molecular complexity index is 717. The number of hydrogen-bond acceptors (Lipinski definition) is 5. The molecule has 8 heteroatoms. The van der Waals surface area contributed by atoms with Crippen molar-refractivity contribution >= 4 is 21.8 Å². The third-order valence-corrected chi connectivity index (χ3v) is 5.65. The number of nitrogen functional groups attached to an aromatic ring is 1. The highest BCUT2D eigenvalue weighted by Gasteiger charge is 2.32. The number of sulfonamides is 1. The average molecular weight is 355 g/mol. The molecule has 1 aliphatic rings. The van der Waals surface area contributed by atoms with Gasteiger partial charge in [-0.25, -0.2) is 13.2 Å². The van der Waals surface area contributed by atoms with Crippen molar-refractivity contribution in [2.45, 2.75) is 38.2 Å². The van der Waals surface area contributed by atoms with Crippen LogP contribution in [0.4, 0.5) is 10.5 Å². The molecule has 1 aliphatic heterocycles. The Morgan fingerprint density at radius 1 is 1.17 bits per heavy atom. The van der Waals surface area contributed by atoms with Gasteiger partial charge in [0.2, 0.25) is 10.0 Å². The summed E-state index contributed by atoms with van der Waals surface area (Å²) in [5.74, 6) is 0. The fraction of sp³-hybridized carbons (Fsp3) is 0.562. The van der Waals surface area contributed by atoms with Gasteiger partial charge in [-0.3, -0.25) is 0 Å². The second-order valence-electron chi connectivity index (χ2n) is 6.91. The highest BCUT2D eigenvalue weighted by molar-refractivity contribution is 7.89. The fourth-order valence-electron chi connectivity index (χ4n) is 2.48. The number of rotatable bonds is 2. The molecular formula is C16H25N3O4S. The number of amides is 1. The van der Waals surface area contributed by atoms with Gasteiger partial charge in [0.15, 0.2) is 0 Å². The van der Waals surface area contributed by atoms with E-state index in [1.165, 1.54) is 15.3 Å². The Labute approximate surface area is 143 Å². The number of nitrogens with two attached hydrogens (primary N) is 1. The Morgan fingerprint density at radius 2 is 1.75 bits per heavy atom. The summed E-state index contributed by atoms with van der Waals surface area (Å²) in [6.45, 7) is 8.26. The maximum absolute atomic E-state index is 12.7. The first kappa shape index (κ1) is 18.5. The predicted molar refractivity (Wildman–Crippen MR) is 92.2 cm³/mol. The lowest BCUT2D eigenvalue weighted by Crippen LogP contribution is -2.51. The molecule has 24 heavy (non-hydrogen) atoms. The van der Waals surface area contributed by atoms with Gasteiger partial charge >= 0.3 is 6.09 Å². The van der Waals surface area contributed by atoms with E-state index in [-0.39, 0.29) is 23.7 Å². The summed E-state index contributed by atoms with van der Waals surface area (Å²) in [6.07, 6.45) is -0.422. The van der Waals surface area contributed by atoms with Crippen molar-refractivity contribution in [1.82, 2.24) is 9.21 Å². The fourth-order valence-corrected chi connectivity index (χ4v) is 4.00. The van der Waals surface area contributed by atoms with Crippen LogP contribution in [0, 0.1) is 6.92 Å². The van der Waals surface area contributed by atoms with E-state index in [0.717, 1.165) is 5.56 Å². The van der Waals surface area contributed by atoms with Gasteiger partial charge in [-0.15, -0.1) is 0 Å². The van der Waals surface area contributed by atoms with Crippen molar-refractivity contribution in [3.05, 3.63) is 23.8 Å². The average Bonchev–Trinajstić information content (AvgIpc) is 2.45. The molecule has 0 radical (unpaired) electrons. The summed E-state index contributed by atoms with van der Waals surface area (Å²) in [5, 5.41) is 0. The van der Waals surface area contributed by atoms with Gasteiger partial charge in [-0.1, -0.05) is 6.07 Å². The van der Waals surface area contributed by atoms with Crippen LogP contribution in [-0.4, -0.2) is 55.5 Å². The highest BCUT2D eigenvalue weighted by atomic mass is 32.2. The van der Waals surface area contributed by atoms with Crippen molar-refractivity contribution in [3.8, 4) is 0 Å². The van der Waals surface area contributed by atoms with Crippen LogP contribution in [0.3, 0.4) is 0 Å². The quantitative estimate of drug-likeness (QED) is 0.817. The van der Waals surface area contributed by atoms with E-state index < -0.39 is 21.7 Å². The van der Waals surface area contributed by atoms with Gasteiger partial charge in [0, 0.05) is 26.2 Å². The molecule has 1 saturated heterocycles. The summed E-state index contributed by atoms with van der Waals surface area (Å²) in [4.78, 5) is 13.7. The van der Waals surface area contributed by atoms with Crippen molar-refractivity contribution in [2.24, 2.45) is 0 Å². The van der Waals surface area contributed by atoms with Gasteiger partial charge in [-0.05, 0) is 45.4 Å². The van der Waals surface area contributed by atoms with E-state index in [4.69, 9.17) is 10.5 Å². The van der Waals surface area contributed by atoms with Gasteiger partial charge in [0.1, 0.15) is 10.5 Å². The van der Waals surface area contributed by atoms with Gasteiger partial charge < -0.3 is 15.4 Å². The van der Waals surface area contributed by atoms with E-state index in [0.29, 0.717) is 13.1 Å². The second kappa shape index (κ2) is 6.60. The normalized spacial score (nSPS) is 16.9. The molecule has 1 fully saturated rings. The molecule has 134 valence electrons. The monoisotopic (exact) mass is 355 g/mol. The van der Waals surface area contributed by atoms with Crippen LogP contribution < -0.4 is 5.73 Å². The van der Waals surface area contributed by atoms with E-state index in [1.807, 2.05) is 6.92 Å². The van der Waals surface area contributed by atoms with Crippen LogP contribution in [-0.2, 0) is 14.8 Å². The molecule has 1 heterocycles. The zero-order valence-electron chi connectivity index (χ0n) is 14.6. The molecule has 1 amide bonds. The Kier molecular flexibility index (Phi) is 5.10. The van der Waals surface area contributed by atoms with E-state index in [2.05, 4.69) is 0 Å². The Balaban J connectivity index is 2.07. The van der Waals surface area contributed by atoms with E-state index >= 15 is 0 Å². The minimum Gasteiger partial charge on any atom is -0.444 e. The largest absolute Gasteiger partial charge is 0.444 e. The molecule has 2 N–H and O–H groups in total. The zero-order chi connectivity index (χ0) is 18.1. The standard InChI is InChI=1S/C16H25N3O4S/c1-12-5-6-14(13(17)11-12)24(21,22)19-9-7-18(8-10-19)15(20)23-16(2,3)4/h5-6,11H,7-10,17H2,1-4H3. The number of piperazine rings is 1. The maximum Gasteiger partial charge on any atom is 0.410 e. The molecule has 0 spiro atoms. The lowest BCUT2D eigenvalue weighted by molar-refractivity contribution is 0.0192. The summed E-state index contributed by atoms with van der Waals surface area (Å²) < 4.78 is 32.1. The third kappa shape index (κ3) is 4.18. The molecular weight excluding hydrogens is 330 g/mol. The van der Waals surface area contributed by atoms with Crippen molar-refractivity contribution in [1.29, 1.82) is 0 Å². The van der Waals surface area contributed by atoms with E-state index in [1.54, 1.807) is 32.9 Å². The van der Waals surface area contributed by atoms with E-state index in [9.17, 15) is 13.2 Å². The number of carbonyl (C=O) groups excluding carboxylic acids is 1. The number of aryl methyl sites for hydroxylation is 1. The van der Waals surface area contributed by atoms with Crippen LogP contribution in [0.5, 0.6) is 0 Å². The minimum absolute atomic E-state index is 0.110. The summed E-state index contributed by atoms with van der Waals surface area (Å²) in [5.41, 5.74) is 6.44. The number of ether oxygens (including phenoxy) is 1. The van der Waals surface area contributed by atoms with Crippen molar-refractivity contribution in [3.63, 3.8) is 0 Å². The lowest BCUT2D eigenvalue weighted by Gasteiger charge is -2.35. The number of anilines is 1. The first-order valence-corrected chi connectivity index (χ1v) is 9.29. The Morgan fingerprint density at radius 3 is 2.25 bits per heavy atom. The smallest absolute Gasteiger partial charge is 0.410 e. The highest BCUT2D eigenvalue weighted by Crippen LogP contribution is 2.24. The first-order chi connectivity index (χ1) is 11.0. The number of carbonyl (C=O) groups is 1. The Hall–Kier alpha value is -1.80. The molecule has 7 nitrogen and oxygen atoms in total. The van der Waals surface area contributed by atoms with Crippen LogP contribution in [0.25, 0.3) is 0 Å². The maximum atomic E-state index is 12.7. The second-order valence-corrected chi connectivity index (χ2v) is 8.82. The first-order valence-electron chi connectivity index (χ1n) is 7.85. The molecule has 0 atom stereocenters. The molecule has 0 bridgehead atoms. The summed E-state index contributed by atoms with van der Waals surface area (Å²) in [7, 11) is -3.66. The van der Waals surface area contributed by atoms with Gasteiger partial charge in [-0.2, -0.15) is 4.31 Å². The minimum atomic E-state index is -3.66. The third-order valence-electron chi connectivity index (χ3n) is 3.67. The molecule has 0 aliphatic carbocycles. The number of benzene rings is 1. The number of hydrogen-bond donors (Lipinski definition) is 1. The molecule has 0 aromatic heterocycles. The van der Waals surface area contributed by atoms with Crippen LogP contribution in [0.2, 0.25) is 0 Å². The van der Waals surface area contributed by atoms with Crippen LogP contribution in [0.1, 0.15) is 26.3 Å². The predicted octanol–water partition coefficient (Wildman–Crippen LogP) is 1.82. The summed E-state index contributed by atoms with van der Waals surface area (Å²) >= 11 is 0. The number of nitrogens with zero attached hydrogens (tertiary/aromatic N) is 2. The van der Waals surface area contributed by atoms with Crippen molar-refractivity contribution < 1.29 is 17.9 Å². The van der Waals surface area contributed by atoms with Gasteiger partial charge in [0.25, 0.3) is 0 Å². The molecule has 1 aromatic carbocycles.